The molecule has 0 aliphatic rings. The second-order valence-electron chi connectivity index (χ2n) is 5.08. The molecule has 0 heterocycles. The molecule has 1 N–H and O–H groups in total. The lowest BCUT2D eigenvalue weighted by Gasteiger charge is -2.11. The van der Waals surface area contributed by atoms with E-state index in [-0.39, 0.29) is 0 Å². The average molecular weight is 384 g/mol. The maximum absolute atomic E-state index is 3.95. The van der Waals surface area contributed by atoms with E-state index >= 15 is 0 Å². The van der Waals surface area contributed by atoms with E-state index in [9.17, 15) is 0 Å². The van der Waals surface area contributed by atoms with E-state index in [0.717, 1.165) is 18.8 Å². The molecule has 20 heavy (non-hydrogen) atoms. The molecule has 0 fully saturated rings. The fourth-order valence-electron chi connectivity index (χ4n) is 1.76. The highest BCUT2D eigenvalue weighted by Crippen LogP contribution is 2.09. The Bertz CT molecular complexity index is 421. The number of unbranched alkanes of at least 4 members (excludes halogenated alkanes) is 1. The van der Waals surface area contributed by atoms with Gasteiger partial charge in [0.2, 0.25) is 0 Å². The molecule has 3 heteroatoms. The van der Waals surface area contributed by atoms with Gasteiger partial charge in [-0.3, -0.25) is 0 Å². The molecule has 0 aromatic heterocycles. The van der Waals surface area contributed by atoms with Gasteiger partial charge in [-0.2, -0.15) is 0 Å². The molecule has 2 nitrogen and oxygen atoms in total. The van der Waals surface area contributed by atoms with Crippen LogP contribution in [0.3, 0.4) is 0 Å². The number of rotatable bonds is 9. The lowest BCUT2D eigenvalue weighted by Crippen LogP contribution is -2.15. The minimum Gasteiger partial charge on any atom is -0.378 e. The first-order valence-corrected chi connectivity index (χ1v) is 8.15. The van der Waals surface area contributed by atoms with Gasteiger partial charge in [0.05, 0.1) is 0 Å². The van der Waals surface area contributed by atoms with Gasteiger partial charge >= 0.3 is 0 Å². The number of halogens is 1. The molecule has 0 bridgehead atoms. The average Bonchev–Trinajstić information content (AvgIpc) is 2.43. The molecule has 0 spiro atoms. The first-order chi connectivity index (χ1) is 9.59. The summed E-state index contributed by atoms with van der Waals surface area (Å²) in [6.07, 6.45) is 7.81. The van der Waals surface area contributed by atoms with Gasteiger partial charge < -0.3 is 10.2 Å². The van der Waals surface area contributed by atoms with Crippen LogP contribution in [0.15, 0.2) is 48.7 Å². The normalized spacial score (nSPS) is 10.9. The van der Waals surface area contributed by atoms with Crippen LogP contribution in [-0.4, -0.2) is 32.1 Å². The van der Waals surface area contributed by atoms with E-state index in [1.165, 1.54) is 28.4 Å². The summed E-state index contributed by atoms with van der Waals surface area (Å²) in [6.45, 7) is 5.94. The third-order valence-electron chi connectivity index (χ3n) is 3.13. The van der Waals surface area contributed by atoms with Crippen LogP contribution >= 0.6 is 22.6 Å². The highest BCUT2D eigenvalue weighted by atomic mass is 127. The summed E-state index contributed by atoms with van der Waals surface area (Å²) < 4.78 is 1.30. The predicted octanol–water partition coefficient (Wildman–Crippen LogP) is 3.84. The van der Waals surface area contributed by atoms with Crippen molar-refractivity contribution in [1.29, 1.82) is 0 Å². The van der Waals surface area contributed by atoms with E-state index in [1.807, 2.05) is 19.0 Å². The van der Waals surface area contributed by atoms with Crippen LogP contribution in [0.25, 0.3) is 0 Å². The number of nitrogens with zero attached hydrogens (tertiary/aromatic N) is 1. The second-order valence-corrected chi connectivity index (χ2v) is 6.32. The van der Waals surface area contributed by atoms with Crippen molar-refractivity contribution >= 4 is 22.6 Å². The molecule has 0 amide bonds. The zero-order valence-electron chi connectivity index (χ0n) is 12.5. The van der Waals surface area contributed by atoms with Crippen LogP contribution in [-0.2, 0) is 6.42 Å². The zero-order chi connectivity index (χ0) is 14.8. The van der Waals surface area contributed by atoms with Crippen molar-refractivity contribution in [1.82, 2.24) is 10.2 Å². The van der Waals surface area contributed by atoms with Crippen molar-refractivity contribution in [2.75, 3.05) is 27.2 Å². The van der Waals surface area contributed by atoms with Gasteiger partial charge in [0.25, 0.3) is 0 Å². The van der Waals surface area contributed by atoms with Gasteiger partial charge in [-0.05, 0) is 72.2 Å². The van der Waals surface area contributed by atoms with Gasteiger partial charge in [0, 0.05) is 29.9 Å². The Morgan fingerprint density at radius 3 is 2.60 bits per heavy atom. The molecule has 110 valence electrons. The Morgan fingerprint density at radius 1 is 1.25 bits per heavy atom. The van der Waals surface area contributed by atoms with Gasteiger partial charge in [0.1, 0.15) is 0 Å². The fraction of sp³-hybridized carbons (Fsp3) is 0.412. The van der Waals surface area contributed by atoms with Crippen molar-refractivity contribution < 1.29 is 0 Å². The Balaban J connectivity index is 2.02. The quantitative estimate of drug-likeness (QED) is 0.396. The van der Waals surface area contributed by atoms with Crippen molar-refractivity contribution in [3.8, 4) is 0 Å². The summed E-state index contributed by atoms with van der Waals surface area (Å²) in [5.41, 5.74) is 2.47. The number of aryl methyl sites for hydroxylation is 1. The number of allylic oxidation sites excluding steroid dienone is 1. The molecule has 0 aliphatic carbocycles. The number of likely N-dealkylation sites (N-methyl/N-ethyl adjacent to an activating group) is 1. The van der Waals surface area contributed by atoms with Crippen molar-refractivity contribution in [3.63, 3.8) is 0 Å². The topological polar surface area (TPSA) is 15.3 Å². The number of hydrogen-bond donors (Lipinski definition) is 1. The van der Waals surface area contributed by atoms with E-state index in [1.54, 1.807) is 0 Å². The summed E-state index contributed by atoms with van der Waals surface area (Å²) >= 11 is 2.34. The molecule has 0 radical (unpaired) electrons. The Morgan fingerprint density at radius 2 is 1.95 bits per heavy atom. The Kier molecular flexibility index (Phi) is 8.62. The predicted molar refractivity (Wildman–Crippen MR) is 96.9 cm³/mol. The number of hydrogen-bond acceptors (Lipinski definition) is 2. The molecule has 0 atom stereocenters. The van der Waals surface area contributed by atoms with Crippen LogP contribution in [0, 0.1) is 3.57 Å². The third kappa shape index (κ3) is 7.70. The smallest absolute Gasteiger partial charge is 0.0285 e. The second kappa shape index (κ2) is 10.00. The lowest BCUT2D eigenvalue weighted by molar-refractivity contribution is 0.532. The van der Waals surface area contributed by atoms with Crippen LogP contribution in [0.2, 0.25) is 0 Å². The molecular weight excluding hydrogens is 359 g/mol. The van der Waals surface area contributed by atoms with Crippen molar-refractivity contribution in [2.24, 2.45) is 0 Å². The molecule has 1 rings (SSSR count). The van der Waals surface area contributed by atoms with E-state index < -0.39 is 0 Å². The molecular formula is C17H25IN2. The summed E-state index contributed by atoms with van der Waals surface area (Å²) in [5.74, 6) is 0. The summed E-state index contributed by atoms with van der Waals surface area (Å²) in [4.78, 5) is 2.01. The minimum absolute atomic E-state index is 0.913. The standard InChI is InChI=1S/C17H25IN2/c1-15(20(2)3)7-6-14-19-13-5-4-8-16-9-11-17(18)12-10-16/h6-7,9-12,19H,1,4-5,8,13-14H2,2-3H3/b7-6+. The first-order valence-electron chi connectivity index (χ1n) is 7.07. The maximum Gasteiger partial charge on any atom is 0.0285 e. The first kappa shape index (κ1) is 17.2. The molecule has 0 saturated heterocycles. The lowest BCUT2D eigenvalue weighted by atomic mass is 10.1. The van der Waals surface area contributed by atoms with Crippen molar-refractivity contribution in [3.05, 3.63) is 57.8 Å². The largest absolute Gasteiger partial charge is 0.378 e. The molecule has 0 unspecified atom stereocenters. The zero-order valence-corrected chi connectivity index (χ0v) is 14.7. The van der Waals surface area contributed by atoms with Crippen LogP contribution in [0.1, 0.15) is 18.4 Å². The maximum atomic E-state index is 3.95. The summed E-state index contributed by atoms with van der Waals surface area (Å²) in [7, 11) is 4.01. The molecule has 0 saturated carbocycles. The third-order valence-corrected chi connectivity index (χ3v) is 3.85. The molecule has 0 aliphatic heterocycles. The minimum atomic E-state index is 0.913. The Hall–Kier alpha value is -0.810. The van der Waals surface area contributed by atoms with Crippen LogP contribution in [0.5, 0.6) is 0 Å². The highest BCUT2D eigenvalue weighted by molar-refractivity contribution is 14.1. The van der Waals surface area contributed by atoms with Crippen LogP contribution < -0.4 is 5.32 Å². The van der Waals surface area contributed by atoms with Gasteiger partial charge in [-0.25, -0.2) is 0 Å². The van der Waals surface area contributed by atoms with Gasteiger partial charge in [0.15, 0.2) is 0 Å². The van der Waals surface area contributed by atoms with E-state index in [2.05, 4.69) is 70.9 Å². The fourth-order valence-corrected chi connectivity index (χ4v) is 2.12. The van der Waals surface area contributed by atoms with Crippen molar-refractivity contribution in [2.45, 2.75) is 19.3 Å². The highest BCUT2D eigenvalue weighted by Gasteiger charge is 1.94. The summed E-state index contributed by atoms with van der Waals surface area (Å²) in [5, 5.41) is 3.43. The Labute approximate surface area is 137 Å². The number of benzene rings is 1. The van der Waals surface area contributed by atoms with E-state index in [4.69, 9.17) is 0 Å². The van der Waals surface area contributed by atoms with Crippen LogP contribution in [0.4, 0.5) is 0 Å². The van der Waals surface area contributed by atoms with Gasteiger partial charge in [-0.1, -0.05) is 24.8 Å². The SMILES string of the molecule is C=C(/C=C/CNCCCCc1ccc(I)cc1)N(C)C. The summed E-state index contributed by atoms with van der Waals surface area (Å²) in [6, 6.07) is 8.81. The molecule has 1 aromatic carbocycles. The monoisotopic (exact) mass is 384 g/mol. The number of nitrogens with one attached hydrogen (secondary N) is 1. The van der Waals surface area contributed by atoms with Gasteiger partial charge in [-0.15, -0.1) is 0 Å². The molecule has 1 aromatic rings. The van der Waals surface area contributed by atoms with E-state index in [0.29, 0.717) is 0 Å².